The summed E-state index contributed by atoms with van der Waals surface area (Å²) in [6.45, 7) is 6.51. The molecule has 1 aliphatic heterocycles. The van der Waals surface area contributed by atoms with Gasteiger partial charge in [0.25, 0.3) is 0 Å². The van der Waals surface area contributed by atoms with E-state index in [0.717, 1.165) is 6.07 Å². The van der Waals surface area contributed by atoms with Crippen LogP contribution in [-0.4, -0.2) is 37.3 Å². The minimum absolute atomic E-state index is 0.0998. The summed E-state index contributed by atoms with van der Waals surface area (Å²) in [6, 6.07) is 5.34. The van der Waals surface area contributed by atoms with E-state index >= 15 is 0 Å². The van der Waals surface area contributed by atoms with Crippen molar-refractivity contribution in [3.8, 4) is 6.07 Å². The highest BCUT2D eigenvalue weighted by Crippen LogP contribution is 2.33. The zero-order valence-corrected chi connectivity index (χ0v) is 12.5. The third kappa shape index (κ3) is 3.90. The molecule has 1 aromatic carbocycles. The van der Waals surface area contributed by atoms with E-state index in [4.69, 9.17) is 10.1 Å². The number of anilines is 1. The number of hydrogen-bond acceptors (Lipinski definition) is 4. The quantitative estimate of drug-likeness (QED) is 0.860. The van der Waals surface area contributed by atoms with Gasteiger partial charge in [0.2, 0.25) is 0 Å². The molecular weight excluding hydrogens is 295 g/mol. The van der Waals surface area contributed by atoms with Crippen LogP contribution in [0.2, 0.25) is 0 Å². The Morgan fingerprint density at radius 1 is 1.18 bits per heavy atom. The lowest BCUT2D eigenvalue weighted by Gasteiger charge is -2.36. The number of nitriles is 1. The molecule has 22 heavy (non-hydrogen) atoms. The van der Waals surface area contributed by atoms with Crippen molar-refractivity contribution in [3.05, 3.63) is 29.3 Å². The van der Waals surface area contributed by atoms with E-state index in [9.17, 15) is 13.2 Å². The SMILES string of the molecule is CC(C)ON1CCN(c2ccc(C(F)(F)F)c(C#N)c2)CC1. The Morgan fingerprint density at radius 2 is 1.82 bits per heavy atom. The van der Waals surface area contributed by atoms with Crippen molar-refractivity contribution in [1.29, 1.82) is 5.26 Å². The lowest BCUT2D eigenvalue weighted by molar-refractivity contribution is -0.189. The summed E-state index contributed by atoms with van der Waals surface area (Å²) < 4.78 is 38.4. The maximum Gasteiger partial charge on any atom is 0.417 e. The van der Waals surface area contributed by atoms with E-state index in [0.29, 0.717) is 31.9 Å². The Bertz CT molecular complexity index is 558. The summed E-state index contributed by atoms with van der Waals surface area (Å²) in [6.07, 6.45) is -4.41. The van der Waals surface area contributed by atoms with E-state index in [-0.39, 0.29) is 11.7 Å². The van der Waals surface area contributed by atoms with Crippen LogP contribution in [0.15, 0.2) is 18.2 Å². The van der Waals surface area contributed by atoms with Crippen LogP contribution in [0.25, 0.3) is 0 Å². The van der Waals surface area contributed by atoms with Crippen molar-refractivity contribution in [2.75, 3.05) is 31.1 Å². The summed E-state index contributed by atoms with van der Waals surface area (Å²) in [5.41, 5.74) is -0.597. The van der Waals surface area contributed by atoms with Crippen LogP contribution in [-0.2, 0) is 11.0 Å². The largest absolute Gasteiger partial charge is 0.417 e. The van der Waals surface area contributed by atoms with Gasteiger partial charge in [0.05, 0.1) is 23.3 Å². The Hall–Kier alpha value is -1.78. The molecule has 0 amide bonds. The molecule has 0 aromatic heterocycles. The van der Waals surface area contributed by atoms with Crippen LogP contribution < -0.4 is 4.90 Å². The lowest BCUT2D eigenvalue weighted by atomic mass is 10.1. The zero-order chi connectivity index (χ0) is 16.3. The summed E-state index contributed by atoms with van der Waals surface area (Å²) in [5, 5.41) is 10.8. The summed E-state index contributed by atoms with van der Waals surface area (Å²) in [4.78, 5) is 7.55. The second kappa shape index (κ2) is 6.55. The Labute approximate surface area is 127 Å². The predicted molar refractivity (Wildman–Crippen MR) is 76.2 cm³/mol. The van der Waals surface area contributed by atoms with Crippen molar-refractivity contribution < 1.29 is 18.0 Å². The van der Waals surface area contributed by atoms with Crippen LogP contribution in [0.5, 0.6) is 0 Å². The van der Waals surface area contributed by atoms with E-state index < -0.39 is 11.7 Å². The number of hydrogen-bond donors (Lipinski definition) is 0. The first-order valence-corrected chi connectivity index (χ1v) is 7.09. The number of piperazine rings is 1. The number of nitrogens with zero attached hydrogens (tertiary/aromatic N) is 3. The van der Waals surface area contributed by atoms with E-state index in [2.05, 4.69) is 0 Å². The fourth-order valence-corrected chi connectivity index (χ4v) is 2.42. The molecule has 1 fully saturated rings. The zero-order valence-electron chi connectivity index (χ0n) is 12.5. The number of hydroxylamine groups is 2. The topological polar surface area (TPSA) is 39.5 Å². The molecule has 1 aliphatic rings. The molecule has 0 N–H and O–H groups in total. The Morgan fingerprint density at radius 3 is 2.32 bits per heavy atom. The first-order chi connectivity index (χ1) is 10.3. The monoisotopic (exact) mass is 313 g/mol. The Kier molecular flexibility index (Phi) is 4.94. The molecule has 7 heteroatoms. The van der Waals surface area contributed by atoms with Crippen molar-refractivity contribution in [1.82, 2.24) is 5.06 Å². The van der Waals surface area contributed by atoms with Crippen molar-refractivity contribution >= 4 is 5.69 Å². The second-order valence-corrected chi connectivity index (χ2v) is 5.41. The number of halogens is 3. The molecule has 1 heterocycles. The van der Waals surface area contributed by atoms with Crippen LogP contribution >= 0.6 is 0 Å². The first-order valence-electron chi connectivity index (χ1n) is 7.09. The third-order valence-electron chi connectivity index (χ3n) is 3.39. The van der Waals surface area contributed by atoms with Gasteiger partial charge in [0.1, 0.15) is 0 Å². The molecule has 0 spiro atoms. The minimum atomic E-state index is -4.51. The molecule has 0 radical (unpaired) electrons. The smallest absolute Gasteiger partial charge is 0.369 e. The fourth-order valence-electron chi connectivity index (χ4n) is 2.42. The highest BCUT2D eigenvalue weighted by Gasteiger charge is 2.34. The molecule has 4 nitrogen and oxygen atoms in total. The third-order valence-corrected chi connectivity index (χ3v) is 3.39. The van der Waals surface area contributed by atoms with Crippen molar-refractivity contribution in [2.45, 2.75) is 26.1 Å². The van der Waals surface area contributed by atoms with Gasteiger partial charge in [-0.1, -0.05) is 0 Å². The number of rotatable bonds is 3. The molecule has 0 saturated carbocycles. The average Bonchev–Trinajstić information content (AvgIpc) is 2.46. The van der Waals surface area contributed by atoms with Gasteiger partial charge in [-0.2, -0.15) is 23.5 Å². The van der Waals surface area contributed by atoms with Crippen LogP contribution in [0.3, 0.4) is 0 Å². The van der Waals surface area contributed by atoms with Crippen molar-refractivity contribution in [3.63, 3.8) is 0 Å². The van der Waals surface area contributed by atoms with Crippen LogP contribution in [0.4, 0.5) is 18.9 Å². The highest BCUT2D eigenvalue weighted by atomic mass is 19.4. The van der Waals surface area contributed by atoms with Gasteiger partial charge in [-0.3, -0.25) is 4.84 Å². The molecule has 1 aromatic rings. The van der Waals surface area contributed by atoms with Gasteiger partial charge < -0.3 is 4.90 Å². The van der Waals surface area contributed by atoms with Crippen molar-refractivity contribution in [2.24, 2.45) is 0 Å². The molecule has 120 valence electrons. The molecule has 0 unspecified atom stereocenters. The molecule has 1 saturated heterocycles. The van der Waals surface area contributed by atoms with Gasteiger partial charge in [0.15, 0.2) is 0 Å². The maximum atomic E-state index is 12.8. The van der Waals surface area contributed by atoms with Gasteiger partial charge in [-0.15, -0.1) is 0 Å². The molecule has 0 bridgehead atoms. The molecule has 0 aliphatic carbocycles. The summed E-state index contributed by atoms with van der Waals surface area (Å²) in [5.74, 6) is 0. The van der Waals surface area contributed by atoms with E-state index in [1.54, 1.807) is 6.07 Å². The molecular formula is C15H18F3N3O. The summed E-state index contributed by atoms with van der Waals surface area (Å²) in [7, 11) is 0. The van der Waals surface area contributed by atoms with Gasteiger partial charge >= 0.3 is 6.18 Å². The van der Waals surface area contributed by atoms with E-state index in [1.807, 2.05) is 23.8 Å². The minimum Gasteiger partial charge on any atom is -0.369 e. The van der Waals surface area contributed by atoms with E-state index in [1.165, 1.54) is 12.1 Å². The summed E-state index contributed by atoms with van der Waals surface area (Å²) >= 11 is 0. The average molecular weight is 313 g/mol. The first kappa shape index (κ1) is 16.6. The van der Waals surface area contributed by atoms with Gasteiger partial charge in [0, 0.05) is 31.9 Å². The van der Waals surface area contributed by atoms with Crippen LogP contribution in [0, 0.1) is 11.3 Å². The predicted octanol–water partition coefficient (Wildman–Crippen LogP) is 3.04. The lowest BCUT2D eigenvalue weighted by Crippen LogP contribution is -2.47. The molecule has 0 atom stereocenters. The number of benzene rings is 1. The standard InChI is InChI=1S/C15H18F3N3O/c1-11(2)22-21-7-5-20(6-8-21)13-3-4-14(15(16,17)18)12(9-13)10-19/h3-4,9,11H,5-8H2,1-2H3. The Balaban J connectivity index is 2.10. The van der Waals surface area contributed by atoms with Gasteiger partial charge in [-0.05, 0) is 32.0 Å². The maximum absolute atomic E-state index is 12.8. The normalized spacial score (nSPS) is 16.9. The van der Waals surface area contributed by atoms with Gasteiger partial charge in [-0.25, -0.2) is 0 Å². The van der Waals surface area contributed by atoms with Crippen LogP contribution in [0.1, 0.15) is 25.0 Å². The second-order valence-electron chi connectivity index (χ2n) is 5.41. The number of alkyl halides is 3. The highest BCUT2D eigenvalue weighted by molar-refractivity contribution is 5.55. The fraction of sp³-hybridized carbons (Fsp3) is 0.533. The molecule has 2 rings (SSSR count).